The molecule has 1 saturated carbocycles. The average Bonchev–Trinajstić information content (AvgIpc) is 2.89. The Kier molecular flexibility index (Phi) is 3.11. The van der Waals surface area contributed by atoms with Gasteiger partial charge in [-0.15, -0.1) is 0 Å². The number of imide groups is 1. The Labute approximate surface area is 133 Å². The van der Waals surface area contributed by atoms with E-state index in [9.17, 15) is 14.4 Å². The van der Waals surface area contributed by atoms with Crippen molar-refractivity contribution in [1.29, 1.82) is 0 Å². The molecule has 3 aliphatic carbocycles. The summed E-state index contributed by atoms with van der Waals surface area (Å²) in [4.78, 5) is 38.4. The third kappa shape index (κ3) is 1.96. The lowest BCUT2D eigenvalue weighted by Crippen LogP contribution is -2.38. The minimum Gasteiger partial charge on any atom is -0.465 e. The highest BCUT2D eigenvalue weighted by molar-refractivity contribution is 6.22. The van der Waals surface area contributed by atoms with Crippen molar-refractivity contribution in [2.75, 3.05) is 12.0 Å². The number of hydrogen-bond donors (Lipinski definition) is 0. The van der Waals surface area contributed by atoms with E-state index in [2.05, 4.69) is 16.9 Å². The van der Waals surface area contributed by atoms with Crippen LogP contribution in [0.25, 0.3) is 0 Å². The van der Waals surface area contributed by atoms with Crippen LogP contribution in [0.5, 0.6) is 0 Å². The van der Waals surface area contributed by atoms with E-state index in [4.69, 9.17) is 0 Å². The van der Waals surface area contributed by atoms with Crippen molar-refractivity contribution in [2.45, 2.75) is 12.8 Å². The van der Waals surface area contributed by atoms with Gasteiger partial charge in [0.1, 0.15) is 0 Å². The van der Waals surface area contributed by atoms with Gasteiger partial charge >= 0.3 is 5.97 Å². The van der Waals surface area contributed by atoms with Gasteiger partial charge in [0.05, 0.1) is 30.2 Å². The number of benzene rings is 1. The Morgan fingerprint density at radius 3 is 1.96 bits per heavy atom. The number of fused-ring (bicyclic) bond motifs is 1. The summed E-state index contributed by atoms with van der Waals surface area (Å²) in [5, 5.41) is 0. The number of carbonyl (C=O) groups excluding carboxylic acids is 3. The molecular formula is C18H17NO4. The third-order valence-corrected chi connectivity index (χ3v) is 5.31. The van der Waals surface area contributed by atoms with Gasteiger partial charge in [-0.25, -0.2) is 4.79 Å². The summed E-state index contributed by atoms with van der Waals surface area (Å²) in [7, 11) is 1.32. The molecule has 23 heavy (non-hydrogen) atoms. The molecule has 0 spiro atoms. The van der Waals surface area contributed by atoms with Gasteiger partial charge in [-0.1, -0.05) is 12.2 Å². The Balaban J connectivity index is 1.67. The average molecular weight is 311 g/mol. The maximum atomic E-state index is 12.8. The van der Waals surface area contributed by atoms with Gasteiger partial charge in [-0.05, 0) is 48.9 Å². The minimum absolute atomic E-state index is 0.107. The van der Waals surface area contributed by atoms with Crippen LogP contribution in [0.2, 0.25) is 0 Å². The lowest BCUT2D eigenvalue weighted by atomic mass is 9.63. The number of rotatable bonds is 2. The molecule has 1 saturated heterocycles. The molecule has 1 aromatic carbocycles. The molecule has 2 bridgehead atoms. The van der Waals surface area contributed by atoms with Crippen LogP contribution in [0.15, 0.2) is 36.4 Å². The predicted molar refractivity (Wildman–Crippen MR) is 82.6 cm³/mol. The normalized spacial score (nSPS) is 31.4. The number of ether oxygens (including phenoxy) is 1. The van der Waals surface area contributed by atoms with Crippen molar-refractivity contribution in [3.8, 4) is 0 Å². The molecule has 5 rings (SSSR count). The molecule has 5 heteroatoms. The van der Waals surface area contributed by atoms with Crippen LogP contribution in [0.4, 0.5) is 5.69 Å². The summed E-state index contributed by atoms with van der Waals surface area (Å²) in [5.74, 6) is -0.721. The Hall–Kier alpha value is -2.43. The molecule has 118 valence electrons. The first-order valence-corrected chi connectivity index (χ1v) is 7.86. The van der Waals surface area contributed by atoms with Crippen molar-refractivity contribution < 1.29 is 19.1 Å². The van der Waals surface area contributed by atoms with Crippen LogP contribution in [0.3, 0.4) is 0 Å². The fourth-order valence-electron chi connectivity index (χ4n) is 4.19. The van der Waals surface area contributed by atoms with Crippen LogP contribution < -0.4 is 4.90 Å². The van der Waals surface area contributed by atoms with Crippen molar-refractivity contribution in [1.82, 2.24) is 0 Å². The van der Waals surface area contributed by atoms with E-state index < -0.39 is 5.97 Å². The van der Waals surface area contributed by atoms with E-state index in [0.29, 0.717) is 11.3 Å². The number of methoxy groups -OCH3 is 1. The Morgan fingerprint density at radius 2 is 1.52 bits per heavy atom. The first-order valence-electron chi connectivity index (χ1n) is 7.86. The molecular weight excluding hydrogens is 294 g/mol. The smallest absolute Gasteiger partial charge is 0.337 e. The minimum atomic E-state index is -0.438. The molecule has 4 aliphatic rings. The summed E-state index contributed by atoms with van der Waals surface area (Å²) in [6.07, 6.45) is 6.17. The molecule has 2 amide bonds. The second-order valence-electron chi connectivity index (χ2n) is 6.39. The predicted octanol–water partition coefficient (Wildman–Crippen LogP) is 2.17. The fourth-order valence-corrected chi connectivity index (χ4v) is 4.19. The molecule has 1 aliphatic heterocycles. The number of allylic oxidation sites excluding steroid dienone is 2. The van der Waals surface area contributed by atoms with Gasteiger partial charge in [-0.3, -0.25) is 14.5 Å². The Bertz CT molecular complexity index is 689. The molecule has 1 aromatic rings. The quantitative estimate of drug-likeness (QED) is 0.477. The van der Waals surface area contributed by atoms with Crippen LogP contribution in [0.1, 0.15) is 23.2 Å². The summed E-state index contributed by atoms with van der Waals surface area (Å²) in [5.41, 5.74) is 0.927. The maximum Gasteiger partial charge on any atom is 0.337 e. The number of anilines is 1. The molecule has 0 radical (unpaired) electrons. The number of carbonyl (C=O) groups is 3. The maximum absolute atomic E-state index is 12.8. The van der Waals surface area contributed by atoms with Crippen molar-refractivity contribution in [3.05, 3.63) is 42.0 Å². The van der Waals surface area contributed by atoms with Crippen molar-refractivity contribution in [2.24, 2.45) is 23.7 Å². The van der Waals surface area contributed by atoms with E-state index >= 15 is 0 Å². The monoisotopic (exact) mass is 311 g/mol. The topological polar surface area (TPSA) is 63.7 Å². The zero-order valence-corrected chi connectivity index (χ0v) is 12.8. The number of esters is 1. The second kappa shape index (κ2) is 5.05. The van der Waals surface area contributed by atoms with Crippen LogP contribution in [-0.2, 0) is 14.3 Å². The molecule has 1 heterocycles. The fraction of sp³-hybridized carbons (Fsp3) is 0.389. The first kappa shape index (κ1) is 14.2. The zero-order chi connectivity index (χ0) is 16.1. The number of hydrogen-bond acceptors (Lipinski definition) is 4. The Morgan fingerprint density at radius 1 is 1.00 bits per heavy atom. The first-order chi connectivity index (χ1) is 11.1. The van der Waals surface area contributed by atoms with Crippen molar-refractivity contribution >= 4 is 23.5 Å². The second-order valence-corrected chi connectivity index (χ2v) is 6.39. The highest BCUT2D eigenvalue weighted by Gasteiger charge is 2.56. The summed E-state index contributed by atoms with van der Waals surface area (Å²) >= 11 is 0. The van der Waals surface area contributed by atoms with Crippen LogP contribution >= 0.6 is 0 Å². The molecule has 4 atom stereocenters. The SMILES string of the molecule is COC(=O)c1ccc(N2C(=O)[C@@H]3[C@@H](C2=O)[C@H]2C=C[C@@H]3CC2)cc1. The van der Waals surface area contributed by atoms with Gasteiger partial charge in [-0.2, -0.15) is 0 Å². The summed E-state index contributed by atoms with van der Waals surface area (Å²) in [6, 6.07) is 6.43. The van der Waals surface area contributed by atoms with Gasteiger partial charge in [0.2, 0.25) is 11.8 Å². The molecule has 0 aromatic heterocycles. The zero-order valence-electron chi connectivity index (χ0n) is 12.8. The van der Waals surface area contributed by atoms with E-state index in [1.807, 2.05) is 0 Å². The van der Waals surface area contributed by atoms with E-state index in [-0.39, 0.29) is 35.5 Å². The lowest BCUT2D eigenvalue weighted by molar-refractivity contribution is -0.124. The largest absolute Gasteiger partial charge is 0.465 e. The highest BCUT2D eigenvalue weighted by atomic mass is 16.5. The van der Waals surface area contributed by atoms with Gasteiger partial charge < -0.3 is 4.74 Å². The molecule has 0 unspecified atom stereocenters. The molecule has 5 nitrogen and oxygen atoms in total. The highest BCUT2D eigenvalue weighted by Crippen LogP contribution is 2.50. The number of nitrogens with zero attached hydrogens (tertiary/aromatic N) is 1. The number of amides is 2. The van der Waals surface area contributed by atoms with E-state index in [1.165, 1.54) is 12.0 Å². The standard InChI is InChI=1S/C18H17NO4/c1-23-18(22)12-6-8-13(9-7-12)19-16(20)14-10-2-3-11(5-4-10)15(14)17(19)21/h2-3,6-11,14-15H,4-5H2,1H3/t10-,11+,14-,15-/m0/s1. The van der Waals surface area contributed by atoms with Gasteiger partial charge in [0.15, 0.2) is 0 Å². The van der Waals surface area contributed by atoms with Gasteiger partial charge in [0.25, 0.3) is 0 Å². The summed E-state index contributed by atoms with van der Waals surface area (Å²) < 4.78 is 4.66. The summed E-state index contributed by atoms with van der Waals surface area (Å²) in [6.45, 7) is 0. The molecule has 0 N–H and O–H groups in total. The van der Waals surface area contributed by atoms with E-state index in [1.54, 1.807) is 24.3 Å². The lowest BCUT2D eigenvalue weighted by Gasteiger charge is -2.38. The van der Waals surface area contributed by atoms with Crippen LogP contribution in [-0.4, -0.2) is 24.9 Å². The van der Waals surface area contributed by atoms with E-state index in [0.717, 1.165) is 12.8 Å². The van der Waals surface area contributed by atoms with Crippen LogP contribution in [0, 0.1) is 23.7 Å². The van der Waals surface area contributed by atoms with Gasteiger partial charge in [0, 0.05) is 0 Å². The molecule has 2 fully saturated rings. The van der Waals surface area contributed by atoms with Crippen molar-refractivity contribution in [3.63, 3.8) is 0 Å². The third-order valence-electron chi connectivity index (χ3n) is 5.31.